The van der Waals surface area contributed by atoms with Crippen molar-refractivity contribution in [3.63, 3.8) is 0 Å². The molecule has 3 N–H and O–H groups in total. The summed E-state index contributed by atoms with van der Waals surface area (Å²) in [6.07, 6.45) is 4.48. The third kappa shape index (κ3) is 4.99. The fraction of sp³-hybridized carbons (Fsp3) is 0.600. The van der Waals surface area contributed by atoms with Crippen LogP contribution in [0.5, 0.6) is 0 Å². The van der Waals surface area contributed by atoms with E-state index >= 15 is 0 Å². The molecule has 6 heteroatoms. The quantitative estimate of drug-likeness (QED) is 0.658. The Balaban J connectivity index is 1.63. The van der Waals surface area contributed by atoms with Crippen molar-refractivity contribution < 1.29 is 9.90 Å². The minimum Gasteiger partial charge on any atom is -0.392 e. The zero-order valence-electron chi connectivity index (χ0n) is 12.5. The number of carbonyl (C=O) groups excluding carboxylic acids is 1. The molecule has 1 saturated heterocycles. The van der Waals surface area contributed by atoms with E-state index in [9.17, 15) is 9.90 Å². The molecule has 1 amide bonds. The first kappa shape index (κ1) is 15.7. The van der Waals surface area contributed by atoms with Gasteiger partial charge in [-0.25, -0.2) is 0 Å². The zero-order valence-corrected chi connectivity index (χ0v) is 12.5. The number of nitrogens with one attached hydrogen (secondary N) is 2. The van der Waals surface area contributed by atoms with Gasteiger partial charge in [0, 0.05) is 38.6 Å². The van der Waals surface area contributed by atoms with Gasteiger partial charge < -0.3 is 20.6 Å². The number of carbonyl (C=O) groups is 1. The molecule has 2 heterocycles. The molecule has 6 nitrogen and oxygen atoms in total. The summed E-state index contributed by atoms with van der Waals surface area (Å²) in [4.78, 5) is 18.2. The second-order valence-electron chi connectivity index (χ2n) is 5.54. The topological polar surface area (TPSA) is 77.5 Å². The number of aromatic nitrogens is 1. The molecule has 2 rings (SSSR count). The Kier molecular flexibility index (Phi) is 5.95. The number of pyridine rings is 1. The van der Waals surface area contributed by atoms with Gasteiger partial charge in [-0.1, -0.05) is 0 Å². The predicted molar refractivity (Wildman–Crippen MR) is 82.0 cm³/mol. The van der Waals surface area contributed by atoms with E-state index in [-0.39, 0.29) is 11.8 Å². The largest absolute Gasteiger partial charge is 0.392 e. The number of hydrogen-bond acceptors (Lipinski definition) is 5. The highest BCUT2D eigenvalue weighted by Gasteiger charge is 2.31. The Morgan fingerprint density at radius 1 is 1.52 bits per heavy atom. The molecule has 0 saturated carbocycles. The molecule has 0 unspecified atom stereocenters. The normalized spacial score (nSPS) is 22.8. The second kappa shape index (κ2) is 7.95. The summed E-state index contributed by atoms with van der Waals surface area (Å²) < 4.78 is 0. The lowest BCUT2D eigenvalue weighted by Crippen LogP contribution is -2.48. The van der Waals surface area contributed by atoms with Crippen LogP contribution in [0.1, 0.15) is 12.8 Å². The first-order valence-electron chi connectivity index (χ1n) is 7.45. The average molecular weight is 292 g/mol. The Hall–Kier alpha value is -1.66. The van der Waals surface area contributed by atoms with E-state index in [1.54, 1.807) is 12.4 Å². The van der Waals surface area contributed by atoms with Crippen LogP contribution in [0.4, 0.5) is 5.69 Å². The van der Waals surface area contributed by atoms with Gasteiger partial charge in [-0.2, -0.15) is 0 Å². The average Bonchev–Trinajstić information content (AvgIpc) is 2.50. The third-order valence-corrected chi connectivity index (χ3v) is 3.76. The molecular weight excluding hydrogens is 268 g/mol. The second-order valence-corrected chi connectivity index (χ2v) is 5.54. The lowest BCUT2D eigenvalue weighted by Gasteiger charge is -2.32. The SMILES string of the molecule is CN1CC[C@H](O)[C@H](C(=O)NCCCNc2cccnc2)C1. The summed E-state index contributed by atoms with van der Waals surface area (Å²) in [7, 11) is 1.98. The molecule has 21 heavy (non-hydrogen) atoms. The van der Waals surface area contributed by atoms with E-state index in [0.717, 1.165) is 25.2 Å². The number of likely N-dealkylation sites (tertiary alicyclic amines) is 1. The highest BCUT2D eigenvalue weighted by molar-refractivity contribution is 5.79. The molecule has 1 aromatic rings. The van der Waals surface area contributed by atoms with E-state index in [1.165, 1.54) is 0 Å². The Morgan fingerprint density at radius 3 is 3.14 bits per heavy atom. The number of aliphatic hydroxyl groups is 1. The van der Waals surface area contributed by atoms with Crippen LogP contribution in [0.2, 0.25) is 0 Å². The lowest BCUT2D eigenvalue weighted by atomic mass is 9.94. The minimum absolute atomic E-state index is 0.0459. The van der Waals surface area contributed by atoms with Crippen molar-refractivity contribution in [2.75, 3.05) is 38.5 Å². The summed E-state index contributed by atoms with van der Waals surface area (Å²) in [6.45, 7) is 2.86. The van der Waals surface area contributed by atoms with Crippen LogP contribution in [0.15, 0.2) is 24.5 Å². The Bertz CT molecular complexity index is 441. The number of nitrogens with zero attached hydrogens (tertiary/aromatic N) is 2. The molecule has 1 aliphatic rings. The molecule has 0 aromatic carbocycles. The van der Waals surface area contributed by atoms with Crippen LogP contribution in [-0.4, -0.2) is 60.2 Å². The molecular formula is C15H24N4O2. The van der Waals surface area contributed by atoms with E-state index in [1.807, 2.05) is 19.2 Å². The molecule has 1 fully saturated rings. The van der Waals surface area contributed by atoms with Gasteiger partial charge >= 0.3 is 0 Å². The first-order valence-corrected chi connectivity index (χ1v) is 7.45. The van der Waals surface area contributed by atoms with E-state index in [0.29, 0.717) is 19.5 Å². The summed E-state index contributed by atoms with van der Waals surface area (Å²) in [5.74, 6) is -0.356. The van der Waals surface area contributed by atoms with Crippen molar-refractivity contribution in [1.29, 1.82) is 0 Å². The molecule has 0 aliphatic carbocycles. The van der Waals surface area contributed by atoms with Crippen LogP contribution in [0, 0.1) is 5.92 Å². The fourth-order valence-corrected chi connectivity index (χ4v) is 2.49. The molecule has 116 valence electrons. The zero-order chi connectivity index (χ0) is 15.1. The first-order chi connectivity index (χ1) is 10.2. The fourth-order valence-electron chi connectivity index (χ4n) is 2.49. The van der Waals surface area contributed by atoms with Crippen molar-refractivity contribution in [2.45, 2.75) is 18.9 Å². The molecule has 0 spiro atoms. The number of anilines is 1. The van der Waals surface area contributed by atoms with Crippen molar-refractivity contribution >= 4 is 11.6 Å². The summed E-state index contributed by atoms with van der Waals surface area (Å²) in [6, 6.07) is 3.84. The van der Waals surface area contributed by atoms with Gasteiger partial charge in [0.25, 0.3) is 0 Å². The van der Waals surface area contributed by atoms with Crippen LogP contribution >= 0.6 is 0 Å². The van der Waals surface area contributed by atoms with Gasteiger partial charge in [0.05, 0.1) is 17.7 Å². The minimum atomic E-state index is -0.519. The molecule has 1 aromatic heterocycles. The van der Waals surface area contributed by atoms with Crippen molar-refractivity contribution in [1.82, 2.24) is 15.2 Å². The number of hydrogen-bond donors (Lipinski definition) is 3. The maximum atomic E-state index is 12.1. The Morgan fingerprint density at radius 2 is 2.38 bits per heavy atom. The van der Waals surface area contributed by atoms with Gasteiger partial charge in [0.15, 0.2) is 0 Å². The molecule has 1 aliphatic heterocycles. The van der Waals surface area contributed by atoms with Crippen molar-refractivity contribution in [2.24, 2.45) is 5.92 Å². The molecule has 0 bridgehead atoms. The lowest BCUT2D eigenvalue weighted by molar-refractivity contribution is -0.131. The summed E-state index contributed by atoms with van der Waals surface area (Å²) in [5.41, 5.74) is 0.980. The monoisotopic (exact) mass is 292 g/mol. The van der Waals surface area contributed by atoms with Gasteiger partial charge in [-0.15, -0.1) is 0 Å². The summed E-state index contributed by atoms with van der Waals surface area (Å²) >= 11 is 0. The van der Waals surface area contributed by atoms with Crippen LogP contribution in [0.3, 0.4) is 0 Å². The van der Waals surface area contributed by atoms with E-state index < -0.39 is 6.10 Å². The van der Waals surface area contributed by atoms with Crippen molar-refractivity contribution in [3.05, 3.63) is 24.5 Å². The van der Waals surface area contributed by atoms with Crippen LogP contribution in [-0.2, 0) is 4.79 Å². The molecule has 0 radical (unpaired) electrons. The maximum absolute atomic E-state index is 12.1. The van der Waals surface area contributed by atoms with Crippen molar-refractivity contribution in [3.8, 4) is 0 Å². The third-order valence-electron chi connectivity index (χ3n) is 3.76. The highest BCUT2D eigenvalue weighted by atomic mass is 16.3. The standard InChI is InChI=1S/C15H24N4O2/c1-19-9-5-14(20)13(11-19)15(21)18-8-3-7-17-12-4-2-6-16-10-12/h2,4,6,10,13-14,17,20H,3,5,7-9,11H2,1H3,(H,18,21)/t13-,14+/m1/s1. The van der Waals surface area contributed by atoms with Gasteiger partial charge in [-0.3, -0.25) is 9.78 Å². The van der Waals surface area contributed by atoms with Gasteiger partial charge in [0.2, 0.25) is 5.91 Å². The van der Waals surface area contributed by atoms with Gasteiger partial charge in [0.1, 0.15) is 0 Å². The maximum Gasteiger partial charge on any atom is 0.227 e. The number of amides is 1. The summed E-state index contributed by atoms with van der Waals surface area (Å²) in [5, 5.41) is 16.1. The van der Waals surface area contributed by atoms with Gasteiger partial charge in [-0.05, 0) is 32.0 Å². The number of rotatable bonds is 6. The van der Waals surface area contributed by atoms with E-state index in [4.69, 9.17) is 0 Å². The smallest absolute Gasteiger partial charge is 0.227 e. The van der Waals surface area contributed by atoms with E-state index in [2.05, 4.69) is 20.5 Å². The molecule has 2 atom stereocenters. The number of aliphatic hydroxyl groups excluding tert-OH is 1. The van der Waals surface area contributed by atoms with Crippen LogP contribution in [0.25, 0.3) is 0 Å². The van der Waals surface area contributed by atoms with Crippen LogP contribution < -0.4 is 10.6 Å². The number of piperidine rings is 1. The predicted octanol–water partition coefficient (Wildman–Crippen LogP) is 0.312. The highest BCUT2D eigenvalue weighted by Crippen LogP contribution is 2.16. The Labute approximate surface area is 125 Å².